The molecule has 0 aromatic heterocycles. The first-order valence-corrected chi connectivity index (χ1v) is 17.4. The van der Waals surface area contributed by atoms with E-state index in [0.29, 0.717) is 12.3 Å². The number of esters is 2. The van der Waals surface area contributed by atoms with Crippen molar-refractivity contribution < 1.29 is 44.2 Å². The van der Waals surface area contributed by atoms with Crippen LogP contribution in [0.4, 0.5) is 0 Å². The standard InChI is InChI=1S/C37H58O9/c1-21(38)45-28-15-17-35(6)24-14-19-36(7)23(13-18-37(36,8)25(24)11-12-27(35)34(28,4)5)22(10-9-16-33(2,3)43)31(42)46-32-30(41)29(40)26(39)20-44-32/h9,16,22-23,26-30,32,39-41,43H,10-15,17-20H2,1-8H3. The van der Waals surface area contributed by atoms with Gasteiger partial charge in [-0.1, -0.05) is 57.9 Å². The number of fused-ring (bicyclic) bond motifs is 4. The van der Waals surface area contributed by atoms with E-state index >= 15 is 0 Å². The lowest BCUT2D eigenvalue weighted by molar-refractivity contribution is -0.265. The molecule has 1 saturated heterocycles. The zero-order valence-electron chi connectivity index (χ0n) is 29.2. The number of aliphatic hydroxyl groups excluding tert-OH is 3. The summed E-state index contributed by atoms with van der Waals surface area (Å²) in [6.45, 7) is 16.4. The molecule has 0 amide bonds. The first-order chi connectivity index (χ1) is 21.3. The Balaban J connectivity index is 1.45. The molecule has 0 radical (unpaired) electrons. The molecule has 9 heteroatoms. The van der Waals surface area contributed by atoms with Crippen molar-refractivity contribution in [3.05, 3.63) is 23.3 Å². The number of allylic oxidation sites excluding steroid dienone is 3. The van der Waals surface area contributed by atoms with Gasteiger partial charge in [0.15, 0.2) is 0 Å². The summed E-state index contributed by atoms with van der Waals surface area (Å²) in [6, 6.07) is 0. The van der Waals surface area contributed by atoms with E-state index in [9.17, 15) is 30.0 Å². The van der Waals surface area contributed by atoms with E-state index in [1.807, 2.05) is 6.08 Å². The van der Waals surface area contributed by atoms with Crippen molar-refractivity contribution in [3.63, 3.8) is 0 Å². The molecule has 3 fully saturated rings. The van der Waals surface area contributed by atoms with Crippen molar-refractivity contribution in [2.24, 2.45) is 39.4 Å². The average molecular weight is 647 g/mol. The second kappa shape index (κ2) is 12.3. The Morgan fingerprint density at radius 1 is 0.957 bits per heavy atom. The molecule has 1 heterocycles. The van der Waals surface area contributed by atoms with E-state index < -0.39 is 42.1 Å². The van der Waals surface area contributed by atoms with Crippen LogP contribution in [0.25, 0.3) is 0 Å². The number of carbonyl (C=O) groups is 2. The van der Waals surface area contributed by atoms with Gasteiger partial charge in [0.25, 0.3) is 0 Å². The largest absolute Gasteiger partial charge is 0.462 e. The van der Waals surface area contributed by atoms with Gasteiger partial charge < -0.3 is 34.6 Å². The van der Waals surface area contributed by atoms with Crippen LogP contribution in [-0.4, -0.2) is 75.3 Å². The molecular weight excluding hydrogens is 588 g/mol. The fourth-order valence-electron chi connectivity index (χ4n) is 10.8. The smallest absolute Gasteiger partial charge is 0.311 e. The van der Waals surface area contributed by atoms with Gasteiger partial charge in [-0.3, -0.25) is 9.59 Å². The topological polar surface area (TPSA) is 143 Å². The van der Waals surface area contributed by atoms with Crippen LogP contribution in [-0.2, 0) is 23.8 Å². The highest BCUT2D eigenvalue weighted by molar-refractivity contribution is 5.73. The van der Waals surface area contributed by atoms with Gasteiger partial charge in [0.05, 0.1) is 18.1 Å². The van der Waals surface area contributed by atoms with Gasteiger partial charge in [-0.25, -0.2) is 0 Å². The molecule has 0 aromatic carbocycles. The summed E-state index contributed by atoms with van der Waals surface area (Å²) in [5.41, 5.74) is 1.73. The van der Waals surface area contributed by atoms with Crippen LogP contribution in [0.2, 0.25) is 0 Å². The summed E-state index contributed by atoms with van der Waals surface area (Å²) in [4.78, 5) is 26.0. The van der Waals surface area contributed by atoms with Crippen LogP contribution in [0.5, 0.6) is 0 Å². The SMILES string of the molecule is CC(=O)OC1CCC2(C)C3=C(CCC2C1(C)C)C1(C)CCC(C(CC=CC(C)(C)O)C(=O)OC2OCC(O)C(O)C2O)C1(C)CC3. The molecule has 1 aliphatic heterocycles. The van der Waals surface area contributed by atoms with Gasteiger partial charge >= 0.3 is 11.9 Å². The average Bonchev–Trinajstić information content (AvgIpc) is 3.23. The molecule has 4 aliphatic carbocycles. The number of hydrogen-bond donors (Lipinski definition) is 4. The number of aliphatic hydroxyl groups is 4. The molecule has 0 aromatic rings. The minimum atomic E-state index is -1.55. The normalized spacial score (nSPS) is 43.0. The first-order valence-electron chi connectivity index (χ1n) is 17.4. The highest BCUT2D eigenvalue weighted by Crippen LogP contribution is 2.72. The second-order valence-corrected chi connectivity index (χ2v) is 16.9. The Bertz CT molecular complexity index is 1250. The van der Waals surface area contributed by atoms with E-state index in [1.54, 1.807) is 31.1 Å². The number of carbonyl (C=O) groups excluding carboxylic acids is 2. The molecular formula is C37H58O9. The van der Waals surface area contributed by atoms with Crippen LogP contribution in [0.15, 0.2) is 23.3 Å². The van der Waals surface area contributed by atoms with Crippen LogP contribution < -0.4 is 0 Å². The highest BCUT2D eigenvalue weighted by atomic mass is 16.7. The van der Waals surface area contributed by atoms with Crippen LogP contribution in [0.1, 0.15) is 113 Å². The Labute approximate surface area is 274 Å². The van der Waals surface area contributed by atoms with E-state index in [0.717, 1.165) is 51.4 Å². The summed E-state index contributed by atoms with van der Waals surface area (Å²) < 4.78 is 17.1. The van der Waals surface area contributed by atoms with E-state index in [4.69, 9.17) is 14.2 Å². The van der Waals surface area contributed by atoms with Crippen molar-refractivity contribution >= 4 is 11.9 Å². The lowest BCUT2D eigenvalue weighted by Crippen LogP contribution is -2.56. The molecule has 260 valence electrons. The summed E-state index contributed by atoms with van der Waals surface area (Å²) in [6.07, 6.45) is 5.80. The van der Waals surface area contributed by atoms with Crippen LogP contribution in [0.3, 0.4) is 0 Å². The molecule has 0 bridgehead atoms. The molecule has 2 saturated carbocycles. The molecule has 5 rings (SSSR count). The van der Waals surface area contributed by atoms with E-state index in [2.05, 4.69) is 34.6 Å². The Morgan fingerprint density at radius 2 is 1.65 bits per heavy atom. The van der Waals surface area contributed by atoms with Gasteiger partial charge in [-0.2, -0.15) is 0 Å². The zero-order valence-corrected chi connectivity index (χ0v) is 29.2. The van der Waals surface area contributed by atoms with Gasteiger partial charge in [0, 0.05) is 12.3 Å². The van der Waals surface area contributed by atoms with Gasteiger partial charge in [-0.05, 0) is 99.7 Å². The quantitative estimate of drug-likeness (QED) is 0.222. The van der Waals surface area contributed by atoms with Crippen LogP contribution in [0, 0.1) is 39.4 Å². The molecule has 11 atom stereocenters. The number of hydrogen-bond acceptors (Lipinski definition) is 9. The van der Waals surface area contributed by atoms with Crippen molar-refractivity contribution in [3.8, 4) is 0 Å². The van der Waals surface area contributed by atoms with Crippen LogP contribution >= 0.6 is 0 Å². The highest BCUT2D eigenvalue weighted by Gasteiger charge is 2.64. The van der Waals surface area contributed by atoms with Crippen molar-refractivity contribution in [1.29, 1.82) is 0 Å². The Morgan fingerprint density at radius 3 is 2.30 bits per heavy atom. The maximum atomic E-state index is 14.0. The molecule has 0 spiro atoms. The van der Waals surface area contributed by atoms with E-state index in [-0.39, 0.29) is 46.3 Å². The maximum absolute atomic E-state index is 14.0. The molecule has 4 N–H and O–H groups in total. The summed E-state index contributed by atoms with van der Waals surface area (Å²) >= 11 is 0. The summed E-state index contributed by atoms with van der Waals surface area (Å²) in [5, 5.41) is 41.0. The third-order valence-electron chi connectivity index (χ3n) is 13.5. The minimum absolute atomic E-state index is 0.0107. The zero-order chi connectivity index (χ0) is 34.0. The second-order valence-electron chi connectivity index (χ2n) is 16.9. The molecule has 11 unspecified atom stereocenters. The summed E-state index contributed by atoms with van der Waals surface area (Å²) in [5.74, 6) is -0.850. The fraction of sp³-hybridized carbons (Fsp3) is 0.838. The van der Waals surface area contributed by atoms with Crippen molar-refractivity contribution in [2.75, 3.05) is 6.61 Å². The van der Waals surface area contributed by atoms with Gasteiger partial charge in [-0.15, -0.1) is 0 Å². The molecule has 46 heavy (non-hydrogen) atoms. The fourth-order valence-corrected chi connectivity index (χ4v) is 10.8. The number of rotatable bonds is 7. The lowest BCUT2D eigenvalue weighted by atomic mass is 9.43. The predicted octanol–water partition coefficient (Wildman–Crippen LogP) is 4.98. The minimum Gasteiger partial charge on any atom is -0.462 e. The first kappa shape index (κ1) is 35.5. The predicted molar refractivity (Wildman–Crippen MR) is 172 cm³/mol. The summed E-state index contributed by atoms with van der Waals surface area (Å²) in [7, 11) is 0. The van der Waals surface area contributed by atoms with E-state index in [1.165, 1.54) is 6.92 Å². The Hall–Kier alpha value is -1.78. The monoisotopic (exact) mass is 646 g/mol. The lowest BCUT2D eigenvalue weighted by Gasteiger charge is -2.62. The van der Waals surface area contributed by atoms with Gasteiger partial charge in [0.1, 0.15) is 24.4 Å². The van der Waals surface area contributed by atoms with Crippen molar-refractivity contribution in [2.45, 2.75) is 149 Å². The third kappa shape index (κ3) is 5.90. The number of ether oxygens (including phenoxy) is 3. The molecule has 9 nitrogen and oxygen atoms in total. The Kier molecular flexibility index (Phi) is 9.48. The van der Waals surface area contributed by atoms with Gasteiger partial charge in [0.2, 0.25) is 6.29 Å². The maximum Gasteiger partial charge on any atom is 0.311 e. The van der Waals surface area contributed by atoms with Crippen molar-refractivity contribution in [1.82, 2.24) is 0 Å². The molecule has 5 aliphatic rings. The third-order valence-corrected chi connectivity index (χ3v) is 13.5.